The molecule has 1 rings (SSSR count). The maximum atomic E-state index is 12.9. The topological polar surface area (TPSA) is 178 Å². The van der Waals surface area contributed by atoms with Crippen molar-refractivity contribution in [3.8, 4) is 0 Å². The monoisotopic (exact) mass is 919 g/mol. The van der Waals surface area contributed by atoms with Crippen LogP contribution in [0.3, 0.4) is 0 Å². The third-order valence-electron chi connectivity index (χ3n) is 11.8. The van der Waals surface area contributed by atoms with E-state index in [1.165, 1.54) is 154 Å². The molecule has 4 N–H and O–H groups in total. The summed E-state index contributed by atoms with van der Waals surface area (Å²) in [6.45, 7) is 4.00. The number of rotatable bonds is 45. The highest BCUT2D eigenvalue weighted by atomic mass is 32.3. The first-order valence-electron chi connectivity index (χ1n) is 25.6. The van der Waals surface area contributed by atoms with E-state index in [1.54, 1.807) is 0 Å². The number of carbonyl (C=O) groups is 1. The SMILES string of the molecule is CCCCCCCC/C=C\CCCCCCCCCCOCC(COC1OC(CO)C(O)C(OS(=O)(=O)O)C1O)OC(=O)CCCCCCCCC/C=C\CCCCCCCCC. The van der Waals surface area contributed by atoms with Gasteiger partial charge in [0.2, 0.25) is 0 Å². The van der Waals surface area contributed by atoms with Gasteiger partial charge in [-0.25, -0.2) is 4.18 Å². The van der Waals surface area contributed by atoms with Crippen LogP contribution < -0.4 is 0 Å². The average molecular weight is 919 g/mol. The summed E-state index contributed by atoms with van der Waals surface area (Å²) in [7, 11) is -5.06. The normalized spacial score (nSPS) is 20.0. The molecule has 0 spiro atoms. The maximum absolute atomic E-state index is 12.9. The summed E-state index contributed by atoms with van der Waals surface area (Å²) >= 11 is 0. The van der Waals surface area contributed by atoms with Gasteiger partial charge in [-0.05, 0) is 64.2 Å². The molecular formula is C50H94O12S. The minimum absolute atomic E-state index is 0.0350. The fraction of sp³-hybridized carbons (Fsp3) is 0.900. The summed E-state index contributed by atoms with van der Waals surface area (Å²) in [4.78, 5) is 12.9. The van der Waals surface area contributed by atoms with Gasteiger partial charge in [-0.15, -0.1) is 0 Å². The number of esters is 1. The van der Waals surface area contributed by atoms with Crippen molar-refractivity contribution in [3.05, 3.63) is 24.3 Å². The van der Waals surface area contributed by atoms with Crippen LogP contribution >= 0.6 is 0 Å². The first kappa shape index (κ1) is 59.6. The minimum atomic E-state index is -5.06. The predicted octanol–water partition coefficient (Wildman–Crippen LogP) is 11.6. The number of hydrogen-bond donors (Lipinski definition) is 4. The molecule has 1 saturated heterocycles. The third kappa shape index (κ3) is 35.4. The van der Waals surface area contributed by atoms with Crippen LogP contribution in [0.1, 0.15) is 226 Å². The Morgan fingerprint density at radius 2 is 1.00 bits per heavy atom. The molecule has 0 bridgehead atoms. The lowest BCUT2D eigenvalue weighted by Crippen LogP contribution is -2.60. The number of carbonyl (C=O) groups excluding carboxylic acids is 1. The van der Waals surface area contributed by atoms with Gasteiger partial charge < -0.3 is 34.3 Å². The van der Waals surface area contributed by atoms with E-state index in [0.29, 0.717) is 13.0 Å². The number of aliphatic hydroxyl groups is 3. The molecule has 0 radical (unpaired) electrons. The van der Waals surface area contributed by atoms with Gasteiger partial charge in [0.15, 0.2) is 6.29 Å². The van der Waals surface area contributed by atoms with Gasteiger partial charge in [-0.2, -0.15) is 8.42 Å². The van der Waals surface area contributed by atoms with E-state index >= 15 is 0 Å². The van der Waals surface area contributed by atoms with E-state index in [9.17, 15) is 33.1 Å². The first-order valence-corrected chi connectivity index (χ1v) is 27.0. The zero-order valence-corrected chi connectivity index (χ0v) is 40.7. The van der Waals surface area contributed by atoms with E-state index in [1.807, 2.05) is 0 Å². The van der Waals surface area contributed by atoms with Crippen molar-refractivity contribution in [2.24, 2.45) is 0 Å². The molecular weight excluding hydrogens is 825 g/mol. The third-order valence-corrected chi connectivity index (χ3v) is 12.3. The predicted molar refractivity (Wildman–Crippen MR) is 253 cm³/mol. The second-order valence-corrected chi connectivity index (χ2v) is 18.8. The Balaban J connectivity index is 2.37. The Hall–Kier alpha value is -1.42. The van der Waals surface area contributed by atoms with Crippen molar-refractivity contribution in [2.75, 3.05) is 26.4 Å². The van der Waals surface area contributed by atoms with Crippen molar-refractivity contribution < 1.29 is 56.2 Å². The highest BCUT2D eigenvalue weighted by molar-refractivity contribution is 7.80. The molecule has 6 atom stereocenters. The van der Waals surface area contributed by atoms with Crippen LogP contribution in [0.25, 0.3) is 0 Å². The summed E-state index contributed by atoms with van der Waals surface area (Å²) in [5.41, 5.74) is 0. The largest absolute Gasteiger partial charge is 0.457 e. The summed E-state index contributed by atoms with van der Waals surface area (Å²) in [5.74, 6) is -0.402. The van der Waals surface area contributed by atoms with Crippen LogP contribution in [0.4, 0.5) is 0 Å². The lowest BCUT2D eigenvalue weighted by atomic mass is 9.99. The van der Waals surface area contributed by atoms with Crippen LogP contribution in [0.15, 0.2) is 24.3 Å². The van der Waals surface area contributed by atoms with Crippen molar-refractivity contribution >= 4 is 16.4 Å². The number of aliphatic hydroxyl groups excluding tert-OH is 3. The van der Waals surface area contributed by atoms with E-state index < -0.39 is 59.8 Å². The van der Waals surface area contributed by atoms with Gasteiger partial charge in [0.1, 0.15) is 30.5 Å². The Morgan fingerprint density at radius 3 is 1.43 bits per heavy atom. The molecule has 0 saturated carbocycles. The summed E-state index contributed by atoms with van der Waals surface area (Å²) in [5, 5.41) is 30.7. The second-order valence-electron chi connectivity index (χ2n) is 17.8. The Morgan fingerprint density at radius 1 is 0.587 bits per heavy atom. The van der Waals surface area contributed by atoms with Crippen molar-refractivity contribution in [1.29, 1.82) is 0 Å². The molecule has 0 aromatic heterocycles. The van der Waals surface area contributed by atoms with E-state index in [-0.39, 0.29) is 19.6 Å². The molecule has 0 aromatic rings. The average Bonchev–Trinajstić information content (AvgIpc) is 3.26. The summed E-state index contributed by atoms with van der Waals surface area (Å²) in [6, 6.07) is 0. The first-order chi connectivity index (χ1) is 30.6. The van der Waals surface area contributed by atoms with Crippen LogP contribution in [0, 0.1) is 0 Å². The van der Waals surface area contributed by atoms with Crippen LogP contribution in [-0.2, 0) is 38.3 Å². The molecule has 0 aromatic carbocycles. The van der Waals surface area contributed by atoms with Gasteiger partial charge in [0.25, 0.3) is 0 Å². The molecule has 1 fully saturated rings. The van der Waals surface area contributed by atoms with Gasteiger partial charge in [0.05, 0.1) is 19.8 Å². The zero-order valence-electron chi connectivity index (χ0n) is 39.9. The smallest absolute Gasteiger partial charge is 0.397 e. The fourth-order valence-electron chi connectivity index (χ4n) is 7.90. The lowest BCUT2D eigenvalue weighted by Gasteiger charge is -2.41. The van der Waals surface area contributed by atoms with Crippen molar-refractivity contribution in [2.45, 2.75) is 263 Å². The molecule has 63 heavy (non-hydrogen) atoms. The van der Waals surface area contributed by atoms with E-state index in [2.05, 4.69) is 42.3 Å². The Kier molecular flexibility index (Phi) is 39.7. The number of hydrogen-bond acceptors (Lipinski definition) is 11. The second kappa shape index (κ2) is 42.0. The van der Waals surface area contributed by atoms with E-state index in [0.717, 1.165) is 44.9 Å². The Bertz CT molecular complexity index is 1200. The van der Waals surface area contributed by atoms with Crippen LogP contribution in [0.2, 0.25) is 0 Å². The van der Waals surface area contributed by atoms with Crippen molar-refractivity contribution in [1.82, 2.24) is 0 Å². The zero-order chi connectivity index (χ0) is 46.1. The van der Waals surface area contributed by atoms with Crippen LogP contribution in [-0.4, -0.2) is 97.5 Å². The molecule has 1 aliphatic heterocycles. The number of allylic oxidation sites excluding steroid dienone is 4. The summed E-state index contributed by atoms with van der Waals surface area (Å²) in [6.07, 6.45) is 39.2. The molecule has 0 amide bonds. The number of ether oxygens (including phenoxy) is 4. The van der Waals surface area contributed by atoms with Gasteiger partial charge in [0, 0.05) is 13.0 Å². The quantitative estimate of drug-likeness (QED) is 0.0197. The van der Waals surface area contributed by atoms with E-state index in [4.69, 9.17) is 18.9 Å². The standard InChI is InChI=1S/C50H94O12S/c1-3-5-7-9-11-13-15-17-19-21-23-25-27-29-31-33-35-37-39-46(52)60-44(43-59-50-48(54)49(62-63(55,56)57)47(53)45(41-51)61-50)42-58-40-38-36-34-32-30-28-26-24-22-20-18-16-14-12-10-8-6-4-2/h18-21,44-45,47-51,53-54H,3-17,22-43H2,1-2H3,(H,55,56,57)/b20-18-,21-19-. The molecule has 13 heteroatoms. The van der Waals surface area contributed by atoms with Gasteiger partial charge >= 0.3 is 16.4 Å². The van der Waals surface area contributed by atoms with Crippen LogP contribution in [0.5, 0.6) is 0 Å². The molecule has 1 aliphatic rings. The van der Waals surface area contributed by atoms with Crippen molar-refractivity contribution in [3.63, 3.8) is 0 Å². The highest BCUT2D eigenvalue weighted by Crippen LogP contribution is 2.26. The minimum Gasteiger partial charge on any atom is -0.457 e. The maximum Gasteiger partial charge on any atom is 0.397 e. The molecule has 12 nitrogen and oxygen atoms in total. The van der Waals surface area contributed by atoms with Gasteiger partial charge in [-0.3, -0.25) is 9.35 Å². The highest BCUT2D eigenvalue weighted by Gasteiger charge is 2.48. The number of unbranched alkanes of at least 4 members (excludes halogenated alkanes) is 28. The molecule has 372 valence electrons. The molecule has 0 aliphatic carbocycles. The lowest BCUT2D eigenvalue weighted by molar-refractivity contribution is -0.301. The fourth-order valence-corrected chi connectivity index (χ4v) is 8.41. The molecule has 1 heterocycles. The Labute approximate surface area is 384 Å². The summed E-state index contributed by atoms with van der Waals surface area (Å²) < 4.78 is 59.2. The molecule has 6 unspecified atom stereocenters. The van der Waals surface area contributed by atoms with Gasteiger partial charge in [-0.1, -0.05) is 179 Å².